The predicted octanol–water partition coefficient (Wildman–Crippen LogP) is 4.37. The molecule has 0 saturated carbocycles. The standard InChI is InChI=1S/C24H23NO5/c1-27-24(26)23(25-28-2)22-14-7-6-11-19(22)17-30-21-13-8-12-20(15-21)29-16-18-9-4-3-5-10-18/h3-15H,16-17H2,1-2H3/b25-23+. The lowest BCUT2D eigenvalue weighted by molar-refractivity contribution is -0.132. The maximum atomic E-state index is 12.1. The molecule has 0 aliphatic heterocycles. The van der Waals surface area contributed by atoms with Gasteiger partial charge >= 0.3 is 5.97 Å². The summed E-state index contributed by atoms with van der Waals surface area (Å²) in [6, 6.07) is 24.7. The first-order valence-electron chi connectivity index (χ1n) is 9.38. The summed E-state index contributed by atoms with van der Waals surface area (Å²) in [7, 11) is 2.68. The predicted molar refractivity (Wildman–Crippen MR) is 114 cm³/mol. The third kappa shape index (κ3) is 5.61. The summed E-state index contributed by atoms with van der Waals surface area (Å²) in [6.07, 6.45) is 0. The first-order valence-corrected chi connectivity index (χ1v) is 9.38. The molecule has 0 atom stereocenters. The fourth-order valence-electron chi connectivity index (χ4n) is 2.82. The molecule has 0 aliphatic carbocycles. The van der Waals surface area contributed by atoms with Gasteiger partial charge in [0.25, 0.3) is 0 Å². The number of ether oxygens (including phenoxy) is 3. The van der Waals surface area contributed by atoms with Gasteiger partial charge in [0.15, 0.2) is 5.71 Å². The Balaban J connectivity index is 1.70. The minimum absolute atomic E-state index is 0.0825. The van der Waals surface area contributed by atoms with E-state index in [1.54, 1.807) is 6.07 Å². The van der Waals surface area contributed by atoms with Crippen LogP contribution in [0, 0.1) is 0 Å². The van der Waals surface area contributed by atoms with E-state index in [2.05, 4.69) is 5.16 Å². The lowest BCUT2D eigenvalue weighted by Gasteiger charge is -2.13. The van der Waals surface area contributed by atoms with Gasteiger partial charge in [0.2, 0.25) is 0 Å². The summed E-state index contributed by atoms with van der Waals surface area (Å²) in [6.45, 7) is 0.709. The number of esters is 1. The summed E-state index contributed by atoms with van der Waals surface area (Å²) in [4.78, 5) is 16.9. The van der Waals surface area contributed by atoms with Crippen LogP contribution >= 0.6 is 0 Å². The molecule has 0 spiro atoms. The number of methoxy groups -OCH3 is 1. The van der Waals surface area contributed by atoms with Gasteiger partial charge in [-0.1, -0.05) is 65.8 Å². The van der Waals surface area contributed by atoms with Crippen molar-refractivity contribution >= 4 is 11.7 Å². The molecule has 0 N–H and O–H groups in total. The van der Waals surface area contributed by atoms with Crippen molar-refractivity contribution in [2.45, 2.75) is 13.2 Å². The van der Waals surface area contributed by atoms with E-state index in [0.29, 0.717) is 23.7 Å². The van der Waals surface area contributed by atoms with Crippen LogP contribution in [0.5, 0.6) is 11.5 Å². The molecular weight excluding hydrogens is 382 g/mol. The lowest BCUT2D eigenvalue weighted by atomic mass is 10.0. The molecule has 0 heterocycles. The van der Waals surface area contributed by atoms with E-state index < -0.39 is 5.97 Å². The van der Waals surface area contributed by atoms with Crippen LogP contribution in [0.1, 0.15) is 16.7 Å². The summed E-state index contributed by atoms with van der Waals surface area (Å²) >= 11 is 0. The summed E-state index contributed by atoms with van der Waals surface area (Å²) in [5, 5.41) is 3.81. The monoisotopic (exact) mass is 405 g/mol. The molecule has 0 aromatic heterocycles. The summed E-state index contributed by atoms with van der Waals surface area (Å²) in [5.74, 6) is 0.778. The van der Waals surface area contributed by atoms with Gasteiger partial charge in [-0.3, -0.25) is 0 Å². The maximum Gasteiger partial charge on any atom is 0.360 e. The van der Waals surface area contributed by atoms with Crippen molar-refractivity contribution in [2.75, 3.05) is 14.2 Å². The average Bonchev–Trinajstić information content (AvgIpc) is 2.80. The Labute approximate surface area is 175 Å². The fourth-order valence-corrected chi connectivity index (χ4v) is 2.82. The Morgan fingerprint density at radius 1 is 0.800 bits per heavy atom. The van der Waals surface area contributed by atoms with Gasteiger partial charge < -0.3 is 19.0 Å². The van der Waals surface area contributed by atoms with Crippen LogP contribution in [0.4, 0.5) is 0 Å². The quantitative estimate of drug-likeness (QED) is 0.300. The van der Waals surface area contributed by atoms with Crippen molar-refractivity contribution in [3.63, 3.8) is 0 Å². The SMILES string of the molecule is CO/N=C(/C(=O)OC)c1ccccc1COc1cccc(OCc2ccccc2)c1. The molecule has 0 bridgehead atoms. The van der Waals surface area contributed by atoms with Crippen molar-refractivity contribution in [1.82, 2.24) is 0 Å². The summed E-state index contributed by atoms with van der Waals surface area (Å²) in [5.41, 5.74) is 2.53. The van der Waals surface area contributed by atoms with Crippen LogP contribution in [-0.4, -0.2) is 25.9 Å². The van der Waals surface area contributed by atoms with Crippen LogP contribution in [0.25, 0.3) is 0 Å². The van der Waals surface area contributed by atoms with Crippen LogP contribution < -0.4 is 9.47 Å². The van der Waals surface area contributed by atoms with Gasteiger partial charge in [-0.05, 0) is 23.3 Å². The fraction of sp³-hybridized carbons (Fsp3) is 0.167. The van der Waals surface area contributed by atoms with Gasteiger partial charge in [-0.25, -0.2) is 4.79 Å². The van der Waals surface area contributed by atoms with E-state index in [1.165, 1.54) is 14.2 Å². The normalized spacial score (nSPS) is 10.9. The number of rotatable bonds is 9. The topological polar surface area (TPSA) is 66.4 Å². The van der Waals surface area contributed by atoms with E-state index in [1.807, 2.05) is 72.8 Å². The van der Waals surface area contributed by atoms with Gasteiger partial charge in [0.1, 0.15) is 31.8 Å². The van der Waals surface area contributed by atoms with Crippen molar-refractivity contribution in [1.29, 1.82) is 0 Å². The molecule has 3 rings (SSSR count). The number of benzene rings is 3. The molecule has 6 heteroatoms. The second-order valence-corrected chi connectivity index (χ2v) is 6.31. The maximum absolute atomic E-state index is 12.1. The first kappa shape index (κ1) is 20.9. The Morgan fingerprint density at radius 2 is 1.47 bits per heavy atom. The first-order chi connectivity index (χ1) is 14.7. The lowest BCUT2D eigenvalue weighted by Crippen LogP contribution is -2.19. The smallest absolute Gasteiger partial charge is 0.360 e. The van der Waals surface area contributed by atoms with Crippen LogP contribution in [0.2, 0.25) is 0 Å². The van der Waals surface area contributed by atoms with E-state index >= 15 is 0 Å². The van der Waals surface area contributed by atoms with Crippen LogP contribution in [0.15, 0.2) is 84.0 Å². The van der Waals surface area contributed by atoms with Crippen molar-refractivity contribution < 1.29 is 23.8 Å². The number of hydrogen-bond donors (Lipinski definition) is 0. The highest BCUT2D eigenvalue weighted by molar-refractivity contribution is 6.43. The highest BCUT2D eigenvalue weighted by atomic mass is 16.6. The number of hydrogen-bond acceptors (Lipinski definition) is 6. The second-order valence-electron chi connectivity index (χ2n) is 6.31. The molecule has 0 radical (unpaired) electrons. The Kier molecular flexibility index (Phi) is 7.44. The Morgan fingerprint density at radius 3 is 2.17 bits per heavy atom. The van der Waals surface area contributed by atoms with Crippen molar-refractivity contribution in [3.8, 4) is 11.5 Å². The summed E-state index contributed by atoms with van der Waals surface area (Å²) < 4.78 is 16.6. The third-order valence-electron chi connectivity index (χ3n) is 4.28. The molecule has 0 unspecified atom stereocenters. The minimum atomic E-state index is -0.583. The number of nitrogens with zero attached hydrogens (tertiary/aromatic N) is 1. The van der Waals surface area contributed by atoms with E-state index in [-0.39, 0.29) is 12.3 Å². The Bertz CT molecular complexity index is 1000. The van der Waals surface area contributed by atoms with Crippen LogP contribution in [-0.2, 0) is 27.6 Å². The largest absolute Gasteiger partial charge is 0.489 e. The second kappa shape index (κ2) is 10.7. The molecule has 3 aromatic carbocycles. The van der Waals surface area contributed by atoms with Gasteiger partial charge in [0.05, 0.1) is 7.11 Å². The van der Waals surface area contributed by atoms with Crippen LogP contribution in [0.3, 0.4) is 0 Å². The highest BCUT2D eigenvalue weighted by Crippen LogP contribution is 2.22. The zero-order valence-corrected chi connectivity index (χ0v) is 16.9. The van der Waals surface area contributed by atoms with E-state index in [9.17, 15) is 4.79 Å². The van der Waals surface area contributed by atoms with Crippen molar-refractivity contribution in [3.05, 3.63) is 95.6 Å². The molecule has 0 saturated heterocycles. The molecule has 154 valence electrons. The molecular formula is C24H23NO5. The Hall–Kier alpha value is -3.80. The number of oxime groups is 1. The minimum Gasteiger partial charge on any atom is -0.489 e. The van der Waals surface area contributed by atoms with Gasteiger partial charge in [-0.2, -0.15) is 0 Å². The third-order valence-corrected chi connectivity index (χ3v) is 4.28. The van der Waals surface area contributed by atoms with Gasteiger partial charge in [-0.15, -0.1) is 0 Å². The van der Waals surface area contributed by atoms with E-state index in [0.717, 1.165) is 11.1 Å². The zero-order valence-electron chi connectivity index (χ0n) is 16.9. The molecule has 3 aromatic rings. The number of carbonyl (C=O) groups excluding carboxylic acids is 1. The average molecular weight is 405 g/mol. The molecule has 30 heavy (non-hydrogen) atoms. The van der Waals surface area contributed by atoms with Crippen molar-refractivity contribution in [2.24, 2.45) is 5.16 Å². The highest BCUT2D eigenvalue weighted by Gasteiger charge is 2.19. The molecule has 0 amide bonds. The number of carbonyl (C=O) groups is 1. The molecule has 0 fully saturated rings. The van der Waals surface area contributed by atoms with E-state index in [4.69, 9.17) is 19.0 Å². The molecule has 6 nitrogen and oxygen atoms in total. The molecule has 0 aliphatic rings. The van der Waals surface area contributed by atoms with Gasteiger partial charge in [0, 0.05) is 11.6 Å². The zero-order chi connectivity index (χ0) is 21.2.